The monoisotopic (exact) mass is 249 g/mol. The van der Waals surface area contributed by atoms with E-state index in [1.807, 2.05) is 18.2 Å². The molecule has 4 heteroatoms. The van der Waals surface area contributed by atoms with Crippen LogP contribution in [0, 0.1) is 0 Å². The number of nitrogens with zero attached hydrogens (tertiary/aromatic N) is 2. The van der Waals surface area contributed by atoms with E-state index < -0.39 is 0 Å². The van der Waals surface area contributed by atoms with Crippen molar-refractivity contribution in [2.24, 2.45) is 0 Å². The van der Waals surface area contributed by atoms with Gasteiger partial charge in [-0.2, -0.15) is 0 Å². The second-order valence-corrected chi connectivity index (χ2v) is 5.08. The van der Waals surface area contributed by atoms with Gasteiger partial charge < -0.3 is 20.3 Å². The molecular weight excluding hydrogens is 226 g/mol. The van der Waals surface area contributed by atoms with Gasteiger partial charge in [0.15, 0.2) is 0 Å². The average Bonchev–Trinajstić information content (AvgIpc) is 2.51. The fraction of sp³-hybridized carbons (Fsp3) is 0.571. The van der Waals surface area contributed by atoms with Gasteiger partial charge in [-0.1, -0.05) is 0 Å². The van der Waals surface area contributed by atoms with Crippen LogP contribution in [0.25, 0.3) is 0 Å². The number of methoxy groups -OCH3 is 1. The lowest BCUT2D eigenvalue weighted by Gasteiger charge is -2.31. The second kappa shape index (κ2) is 5.48. The highest BCUT2D eigenvalue weighted by atomic mass is 16.5. The fourth-order valence-electron chi connectivity index (χ4n) is 2.63. The summed E-state index contributed by atoms with van der Waals surface area (Å²) in [5, 5.41) is 0. The van der Waals surface area contributed by atoms with E-state index in [0.717, 1.165) is 43.2 Å². The SMILES string of the molecule is COc1ccc(N)c(N2CCCN(C)CC2C)c1. The molecule has 1 fully saturated rings. The zero-order chi connectivity index (χ0) is 13.1. The molecule has 1 aliphatic rings. The molecule has 100 valence electrons. The molecule has 1 aromatic rings. The zero-order valence-electron chi connectivity index (χ0n) is 11.5. The number of anilines is 2. The number of benzene rings is 1. The largest absolute Gasteiger partial charge is 0.497 e. The summed E-state index contributed by atoms with van der Waals surface area (Å²) >= 11 is 0. The summed E-state index contributed by atoms with van der Waals surface area (Å²) in [7, 11) is 3.86. The van der Waals surface area contributed by atoms with Crippen LogP contribution in [-0.4, -0.2) is 44.7 Å². The summed E-state index contributed by atoms with van der Waals surface area (Å²) in [6, 6.07) is 6.34. The Morgan fingerprint density at radius 2 is 2.11 bits per heavy atom. The van der Waals surface area contributed by atoms with E-state index in [-0.39, 0.29) is 0 Å². The molecule has 0 radical (unpaired) electrons. The van der Waals surface area contributed by atoms with Gasteiger partial charge in [0.05, 0.1) is 18.5 Å². The predicted octanol–water partition coefficient (Wildman–Crippen LogP) is 1.81. The third-order valence-electron chi connectivity index (χ3n) is 3.59. The molecule has 0 aromatic heterocycles. The van der Waals surface area contributed by atoms with E-state index in [2.05, 4.69) is 23.8 Å². The van der Waals surface area contributed by atoms with Crippen LogP contribution >= 0.6 is 0 Å². The Bertz CT molecular complexity index is 408. The van der Waals surface area contributed by atoms with Crippen molar-refractivity contribution in [2.75, 3.05) is 44.4 Å². The van der Waals surface area contributed by atoms with Gasteiger partial charge >= 0.3 is 0 Å². The van der Waals surface area contributed by atoms with E-state index in [1.54, 1.807) is 7.11 Å². The quantitative estimate of drug-likeness (QED) is 0.812. The van der Waals surface area contributed by atoms with Crippen molar-refractivity contribution >= 4 is 11.4 Å². The highest BCUT2D eigenvalue weighted by molar-refractivity contribution is 5.70. The summed E-state index contributed by atoms with van der Waals surface area (Å²) in [5.74, 6) is 0.865. The smallest absolute Gasteiger partial charge is 0.121 e. The van der Waals surface area contributed by atoms with Crippen LogP contribution in [0.2, 0.25) is 0 Å². The normalized spacial score (nSPS) is 21.7. The third-order valence-corrected chi connectivity index (χ3v) is 3.59. The molecule has 18 heavy (non-hydrogen) atoms. The van der Waals surface area contributed by atoms with Crippen molar-refractivity contribution in [1.29, 1.82) is 0 Å². The Balaban J connectivity index is 2.28. The molecule has 1 saturated heterocycles. The van der Waals surface area contributed by atoms with Gasteiger partial charge in [0.1, 0.15) is 5.75 Å². The Labute approximate surface area is 109 Å². The highest BCUT2D eigenvalue weighted by Gasteiger charge is 2.21. The van der Waals surface area contributed by atoms with Gasteiger partial charge in [0, 0.05) is 25.2 Å². The summed E-state index contributed by atoms with van der Waals surface area (Å²) < 4.78 is 5.30. The first-order valence-electron chi connectivity index (χ1n) is 6.50. The molecule has 1 atom stereocenters. The maximum atomic E-state index is 6.11. The summed E-state index contributed by atoms with van der Waals surface area (Å²) in [6.07, 6.45) is 1.16. The first kappa shape index (κ1) is 13.0. The number of ether oxygens (including phenoxy) is 1. The molecule has 1 aromatic carbocycles. The molecule has 0 bridgehead atoms. The first-order chi connectivity index (χ1) is 8.61. The van der Waals surface area contributed by atoms with Crippen molar-refractivity contribution < 1.29 is 4.74 Å². The maximum Gasteiger partial charge on any atom is 0.121 e. The Kier molecular flexibility index (Phi) is 3.97. The molecule has 1 aliphatic heterocycles. The van der Waals surface area contributed by atoms with Crippen LogP contribution < -0.4 is 15.4 Å². The van der Waals surface area contributed by atoms with Crippen LogP contribution in [-0.2, 0) is 0 Å². The van der Waals surface area contributed by atoms with Crippen molar-refractivity contribution in [3.8, 4) is 5.75 Å². The lowest BCUT2D eigenvalue weighted by Crippen LogP contribution is -2.38. The van der Waals surface area contributed by atoms with Crippen molar-refractivity contribution in [3.05, 3.63) is 18.2 Å². The van der Waals surface area contributed by atoms with Gasteiger partial charge in [-0.3, -0.25) is 0 Å². The van der Waals surface area contributed by atoms with E-state index >= 15 is 0 Å². The van der Waals surface area contributed by atoms with Crippen LogP contribution in [0.5, 0.6) is 5.75 Å². The lowest BCUT2D eigenvalue weighted by molar-refractivity contribution is 0.337. The molecule has 2 N–H and O–H groups in total. The van der Waals surface area contributed by atoms with Gasteiger partial charge in [-0.05, 0) is 39.1 Å². The van der Waals surface area contributed by atoms with Crippen molar-refractivity contribution in [3.63, 3.8) is 0 Å². The molecular formula is C14H23N3O. The lowest BCUT2D eigenvalue weighted by atomic mass is 10.2. The van der Waals surface area contributed by atoms with Crippen molar-refractivity contribution in [1.82, 2.24) is 4.90 Å². The van der Waals surface area contributed by atoms with E-state index in [9.17, 15) is 0 Å². The minimum atomic E-state index is 0.465. The van der Waals surface area contributed by atoms with Crippen LogP contribution in [0.1, 0.15) is 13.3 Å². The minimum absolute atomic E-state index is 0.465. The number of nitrogen functional groups attached to an aromatic ring is 1. The molecule has 1 heterocycles. The number of nitrogens with two attached hydrogens (primary N) is 1. The topological polar surface area (TPSA) is 41.7 Å². The fourth-order valence-corrected chi connectivity index (χ4v) is 2.63. The van der Waals surface area contributed by atoms with E-state index in [4.69, 9.17) is 10.5 Å². The molecule has 2 rings (SSSR count). The third kappa shape index (κ3) is 2.70. The van der Waals surface area contributed by atoms with Gasteiger partial charge in [-0.25, -0.2) is 0 Å². The van der Waals surface area contributed by atoms with Crippen molar-refractivity contribution in [2.45, 2.75) is 19.4 Å². The Hall–Kier alpha value is -1.42. The minimum Gasteiger partial charge on any atom is -0.497 e. The predicted molar refractivity (Wildman–Crippen MR) is 76.3 cm³/mol. The van der Waals surface area contributed by atoms with Gasteiger partial charge in [-0.15, -0.1) is 0 Å². The molecule has 0 spiro atoms. The first-order valence-corrected chi connectivity index (χ1v) is 6.50. The van der Waals surface area contributed by atoms with Gasteiger partial charge in [0.2, 0.25) is 0 Å². The Morgan fingerprint density at radius 1 is 1.33 bits per heavy atom. The number of hydrogen-bond donors (Lipinski definition) is 1. The van der Waals surface area contributed by atoms with Gasteiger partial charge in [0.25, 0.3) is 0 Å². The van der Waals surface area contributed by atoms with Crippen LogP contribution in [0.15, 0.2) is 18.2 Å². The summed E-state index contributed by atoms with van der Waals surface area (Å²) in [4.78, 5) is 4.77. The average molecular weight is 249 g/mol. The molecule has 0 aliphatic carbocycles. The molecule has 1 unspecified atom stereocenters. The van der Waals surface area contributed by atoms with Crippen LogP contribution in [0.4, 0.5) is 11.4 Å². The van der Waals surface area contributed by atoms with E-state index in [0.29, 0.717) is 6.04 Å². The number of hydrogen-bond acceptors (Lipinski definition) is 4. The standard InChI is InChI=1S/C14H23N3O/c1-11-10-16(2)7-4-8-17(11)14-9-12(18-3)5-6-13(14)15/h5-6,9,11H,4,7-8,10,15H2,1-3H3. The van der Waals surface area contributed by atoms with Crippen LogP contribution in [0.3, 0.4) is 0 Å². The molecule has 4 nitrogen and oxygen atoms in total. The molecule has 0 amide bonds. The summed E-state index contributed by atoms with van der Waals surface area (Å²) in [6.45, 7) is 5.50. The number of likely N-dealkylation sites (N-methyl/N-ethyl adjacent to an activating group) is 1. The molecule has 0 saturated carbocycles. The number of rotatable bonds is 2. The second-order valence-electron chi connectivity index (χ2n) is 5.08. The highest BCUT2D eigenvalue weighted by Crippen LogP contribution is 2.30. The summed E-state index contributed by atoms with van der Waals surface area (Å²) in [5.41, 5.74) is 8.03. The Morgan fingerprint density at radius 3 is 2.83 bits per heavy atom. The zero-order valence-corrected chi connectivity index (χ0v) is 11.5. The maximum absolute atomic E-state index is 6.11. The van der Waals surface area contributed by atoms with E-state index in [1.165, 1.54) is 0 Å².